The molecule has 24 heavy (non-hydrogen) atoms. The van der Waals surface area contributed by atoms with Crippen molar-refractivity contribution >= 4 is 17.7 Å². The summed E-state index contributed by atoms with van der Waals surface area (Å²) in [7, 11) is 0. The van der Waals surface area contributed by atoms with E-state index in [0.29, 0.717) is 42.9 Å². The van der Waals surface area contributed by atoms with Gasteiger partial charge in [0.1, 0.15) is 11.7 Å². The average Bonchev–Trinajstić information content (AvgIpc) is 2.89. The molecule has 2 rings (SSSR count). The highest BCUT2D eigenvalue weighted by Gasteiger charge is 2.33. The molecule has 1 aliphatic heterocycles. The molecule has 2 atom stereocenters. The number of carbonyl (C=O) groups excluding carboxylic acids is 2. The summed E-state index contributed by atoms with van der Waals surface area (Å²) in [5.41, 5.74) is 2.03. The Bertz CT molecular complexity index is 644. The number of aliphatic carboxylic acids is 1. The second-order valence-corrected chi connectivity index (χ2v) is 6.15. The molecule has 1 saturated heterocycles. The molecule has 0 aliphatic carbocycles. The van der Waals surface area contributed by atoms with Crippen molar-refractivity contribution in [2.75, 3.05) is 13.2 Å². The van der Waals surface area contributed by atoms with E-state index in [0.717, 1.165) is 6.42 Å². The van der Waals surface area contributed by atoms with Crippen LogP contribution in [-0.2, 0) is 16.0 Å². The molecule has 1 aromatic rings. The monoisotopic (exact) mass is 336 g/mol. The highest BCUT2D eigenvalue weighted by atomic mass is 16.5. The Labute approximate surface area is 140 Å². The third-order valence-corrected chi connectivity index (χ3v) is 4.44. The van der Waals surface area contributed by atoms with Crippen LogP contribution < -0.4 is 5.32 Å². The van der Waals surface area contributed by atoms with Gasteiger partial charge in [-0.3, -0.25) is 9.59 Å². The van der Waals surface area contributed by atoms with Gasteiger partial charge in [0.25, 0.3) is 5.91 Å². The molecule has 0 bridgehead atoms. The summed E-state index contributed by atoms with van der Waals surface area (Å²) >= 11 is 0. The maximum atomic E-state index is 12.6. The van der Waals surface area contributed by atoms with Crippen molar-refractivity contribution in [2.24, 2.45) is 5.92 Å². The van der Waals surface area contributed by atoms with Gasteiger partial charge in [-0.2, -0.15) is 0 Å². The number of hydrogen-bond acceptors (Lipinski definition) is 4. The van der Waals surface area contributed by atoms with Gasteiger partial charge >= 0.3 is 5.97 Å². The Morgan fingerprint density at radius 3 is 2.62 bits per heavy atom. The summed E-state index contributed by atoms with van der Waals surface area (Å²) in [4.78, 5) is 38.9. The van der Waals surface area contributed by atoms with Gasteiger partial charge in [-0.1, -0.05) is 6.92 Å². The van der Waals surface area contributed by atoms with Gasteiger partial charge in [0.2, 0.25) is 0 Å². The Morgan fingerprint density at radius 2 is 2.12 bits per heavy atom. The Hall–Kier alpha value is -2.15. The van der Waals surface area contributed by atoms with Crippen LogP contribution in [0.3, 0.4) is 0 Å². The van der Waals surface area contributed by atoms with Crippen molar-refractivity contribution < 1.29 is 24.2 Å². The largest absolute Gasteiger partial charge is 0.480 e. The van der Waals surface area contributed by atoms with Crippen LogP contribution in [0.1, 0.15) is 58.8 Å². The van der Waals surface area contributed by atoms with Crippen molar-refractivity contribution in [1.82, 2.24) is 10.3 Å². The fourth-order valence-corrected chi connectivity index (χ4v) is 3.32. The van der Waals surface area contributed by atoms with Crippen molar-refractivity contribution in [3.63, 3.8) is 0 Å². The number of nitrogens with one attached hydrogen (secondary N) is 2. The van der Waals surface area contributed by atoms with Gasteiger partial charge in [0, 0.05) is 23.8 Å². The number of ketones is 1. The molecule has 7 heteroatoms. The Morgan fingerprint density at radius 1 is 1.42 bits per heavy atom. The molecular formula is C17H24N2O5. The van der Waals surface area contributed by atoms with E-state index in [1.807, 2.05) is 6.92 Å². The van der Waals surface area contributed by atoms with E-state index >= 15 is 0 Å². The van der Waals surface area contributed by atoms with Gasteiger partial charge in [-0.25, -0.2) is 4.79 Å². The van der Waals surface area contributed by atoms with Crippen LogP contribution in [0, 0.1) is 12.8 Å². The summed E-state index contributed by atoms with van der Waals surface area (Å²) in [6.45, 7) is 5.98. The van der Waals surface area contributed by atoms with Crippen LogP contribution >= 0.6 is 0 Å². The lowest BCUT2D eigenvalue weighted by atomic mass is 9.93. The van der Waals surface area contributed by atoms with E-state index in [4.69, 9.17) is 4.74 Å². The van der Waals surface area contributed by atoms with Gasteiger partial charge < -0.3 is 20.1 Å². The molecule has 1 amide bonds. The molecule has 1 aliphatic rings. The third kappa shape index (κ3) is 3.67. The predicted molar refractivity (Wildman–Crippen MR) is 87.3 cm³/mol. The number of carbonyl (C=O) groups is 3. The number of aryl methyl sites for hydroxylation is 1. The van der Waals surface area contributed by atoms with Crippen LogP contribution in [-0.4, -0.2) is 47.0 Å². The SMILES string of the molecule is CCc1c(C(=O)NC(C(=O)O)C2CCCOC2)[nH]c(C)c1C(C)=O. The van der Waals surface area contributed by atoms with E-state index in [-0.39, 0.29) is 17.4 Å². The molecule has 0 aromatic carbocycles. The smallest absolute Gasteiger partial charge is 0.326 e. The summed E-state index contributed by atoms with van der Waals surface area (Å²) < 4.78 is 5.33. The average molecular weight is 336 g/mol. The molecular weight excluding hydrogens is 312 g/mol. The minimum absolute atomic E-state index is 0.116. The van der Waals surface area contributed by atoms with Crippen molar-refractivity contribution in [1.29, 1.82) is 0 Å². The van der Waals surface area contributed by atoms with E-state index in [1.165, 1.54) is 6.92 Å². The summed E-state index contributed by atoms with van der Waals surface area (Å²) in [5.74, 6) is -1.95. The number of aromatic nitrogens is 1. The topological polar surface area (TPSA) is 108 Å². The number of aromatic amines is 1. The van der Waals surface area contributed by atoms with Crippen LogP contribution in [0.4, 0.5) is 0 Å². The van der Waals surface area contributed by atoms with E-state index < -0.39 is 17.9 Å². The number of carboxylic acids is 1. The lowest BCUT2D eigenvalue weighted by molar-refractivity contribution is -0.142. The molecule has 2 heterocycles. The van der Waals surface area contributed by atoms with Gasteiger partial charge in [0.05, 0.1) is 6.61 Å². The summed E-state index contributed by atoms with van der Waals surface area (Å²) in [6, 6.07) is -1.01. The van der Waals surface area contributed by atoms with Crippen molar-refractivity contribution in [3.05, 3.63) is 22.5 Å². The van der Waals surface area contributed by atoms with Crippen LogP contribution in [0.5, 0.6) is 0 Å². The molecule has 0 radical (unpaired) electrons. The van der Waals surface area contributed by atoms with Gasteiger partial charge in [0.15, 0.2) is 5.78 Å². The lowest BCUT2D eigenvalue weighted by Gasteiger charge is -2.28. The minimum atomic E-state index is -1.08. The maximum Gasteiger partial charge on any atom is 0.326 e. The third-order valence-electron chi connectivity index (χ3n) is 4.44. The van der Waals surface area contributed by atoms with Crippen LogP contribution in [0.25, 0.3) is 0 Å². The summed E-state index contributed by atoms with van der Waals surface area (Å²) in [6.07, 6.45) is 1.98. The summed E-state index contributed by atoms with van der Waals surface area (Å²) in [5, 5.41) is 12.1. The standard InChI is InChI=1S/C17H24N2O5/c1-4-12-13(10(3)20)9(2)18-15(12)16(21)19-14(17(22)23)11-6-5-7-24-8-11/h11,14,18H,4-8H2,1-3H3,(H,19,21)(H,22,23). The van der Waals surface area contributed by atoms with E-state index in [2.05, 4.69) is 10.3 Å². The van der Waals surface area contributed by atoms with Crippen LogP contribution in [0.15, 0.2) is 0 Å². The van der Waals surface area contributed by atoms with E-state index in [1.54, 1.807) is 6.92 Å². The highest BCUT2D eigenvalue weighted by molar-refractivity contribution is 6.03. The molecule has 7 nitrogen and oxygen atoms in total. The van der Waals surface area contributed by atoms with E-state index in [9.17, 15) is 19.5 Å². The normalized spacial score (nSPS) is 18.9. The molecule has 3 N–H and O–H groups in total. The fourth-order valence-electron chi connectivity index (χ4n) is 3.32. The number of ether oxygens (including phenoxy) is 1. The van der Waals surface area contributed by atoms with Crippen LogP contribution in [0.2, 0.25) is 0 Å². The molecule has 132 valence electrons. The van der Waals surface area contributed by atoms with Crippen molar-refractivity contribution in [2.45, 2.75) is 46.1 Å². The molecule has 0 saturated carbocycles. The zero-order chi connectivity index (χ0) is 17.9. The lowest BCUT2D eigenvalue weighted by Crippen LogP contribution is -2.48. The Balaban J connectivity index is 2.25. The number of amides is 1. The number of rotatable bonds is 6. The van der Waals surface area contributed by atoms with Crippen molar-refractivity contribution in [3.8, 4) is 0 Å². The number of H-pyrrole nitrogens is 1. The zero-order valence-electron chi connectivity index (χ0n) is 14.3. The first kappa shape index (κ1) is 18.2. The number of hydrogen-bond donors (Lipinski definition) is 3. The first-order valence-corrected chi connectivity index (χ1v) is 8.20. The van der Waals surface area contributed by atoms with Gasteiger partial charge in [-0.05, 0) is 38.7 Å². The molecule has 1 fully saturated rings. The fraction of sp³-hybridized carbons (Fsp3) is 0.588. The second-order valence-electron chi connectivity index (χ2n) is 6.15. The Kier molecular flexibility index (Phi) is 5.77. The predicted octanol–water partition coefficient (Wildman–Crippen LogP) is 1.70. The molecule has 1 aromatic heterocycles. The number of carboxylic acid groups (broad SMARTS) is 1. The second kappa shape index (κ2) is 7.61. The number of Topliss-reactive ketones (excluding diaryl/α,β-unsaturated/α-hetero) is 1. The first-order chi connectivity index (χ1) is 11.4. The first-order valence-electron chi connectivity index (χ1n) is 8.20. The molecule has 2 unspecified atom stereocenters. The quantitative estimate of drug-likeness (QED) is 0.685. The maximum absolute atomic E-state index is 12.6. The highest BCUT2D eigenvalue weighted by Crippen LogP contribution is 2.22. The zero-order valence-corrected chi connectivity index (χ0v) is 14.3. The van der Waals surface area contributed by atoms with Gasteiger partial charge in [-0.15, -0.1) is 0 Å². The molecule has 0 spiro atoms. The minimum Gasteiger partial charge on any atom is -0.480 e.